The van der Waals surface area contributed by atoms with Crippen molar-refractivity contribution in [3.63, 3.8) is 0 Å². The van der Waals surface area contributed by atoms with Gasteiger partial charge in [-0.1, -0.05) is 36.4 Å². The third kappa shape index (κ3) is 3.14. The highest BCUT2D eigenvalue weighted by atomic mass is 16.4. The summed E-state index contributed by atoms with van der Waals surface area (Å²) in [5.74, 6) is -1.75. The van der Waals surface area contributed by atoms with Gasteiger partial charge in [0.15, 0.2) is 0 Å². The van der Waals surface area contributed by atoms with Crippen LogP contribution in [0.15, 0.2) is 48.5 Å². The molecule has 1 saturated heterocycles. The Kier molecular flexibility index (Phi) is 4.92. The van der Waals surface area contributed by atoms with Gasteiger partial charge in [-0.15, -0.1) is 0 Å². The minimum absolute atomic E-state index is 0.0285. The second-order valence-corrected chi connectivity index (χ2v) is 8.40. The van der Waals surface area contributed by atoms with E-state index in [1.54, 1.807) is 29.2 Å². The smallest absolute Gasteiger partial charge is 0.326 e. The first kappa shape index (κ1) is 20.2. The number of hydrogen-bond donors (Lipinski definition) is 1. The Morgan fingerprint density at radius 1 is 0.906 bits per heavy atom. The number of aliphatic carboxylic acids is 1. The zero-order valence-electron chi connectivity index (χ0n) is 17.4. The molecule has 2 aromatic rings. The second-order valence-electron chi connectivity index (χ2n) is 8.40. The molecule has 164 valence electrons. The fourth-order valence-electron chi connectivity index (χ4n) is 5.07. The van der Waals surface area contributed by atoms with Crippen LogP contribution in [-0.2, 0) is 11.2 Å². The van der Waals surface area contributed by atoms with Gasteiger partial charge >= 0.3 is 12.0 Å². The number of amides is 4. The van der Waals surface area contributed by atoms with Gasteiger partial charge in [-0.3, -0.25) is 14.5 Å². The average Bonchev–Trinajstić information content (AvgIpc) is 3.39. The molecule has 32 heavy (non-hydrogen) atoms. The summed E-state index contributed by atoms with van der Waals surface area (Å²) >= 11 is 0. The van der Waals surface area contributed by atoms with Crippen molar-refractivity contribution in [2.45, 2.75) is 31.3 Å². The number of hydrogen-bond acceptors (Lipinski definition) is 4. The normalized spacial score (nSPS) is 22.2. The summed E-state index contributed by atoms with van der Waals surface area (Å²) in [4.78, 5) is 55.4. The molecule has 0 spiro atoms. The maximum Gasteiger partial charge on any atom is 0.326 e. The molecule has 5 rings (SSSR count). The third-order valence-electron chi connectivity index (χ3n) is 6.68. The number of carboxylic acid groups (broad SMARTS) is 1. The lowest BCUT2D eigenvalue weighted by atomic mass is 9.92. The summed E-state index contributed by atoms with van der Waals surface area (Å²) in [6.45, 7) is 0.806. The van der Waals surface area contributed by atoms with Gasteiger partial charge < -0.3 is 14.9 Å². The Labute approximate surface area is 185 Å². The fraction of sp³-hybridized carbons (Fsp3) is 0.333. The van der Waals surface area contributed by atoms with E-state index in [9.17, 15) is 24.3 Å². The summed E-state index contributed by atoms with van der Waals surface area (Å²) in [5.41, 5.74) is 2.68. The largest absolute Gasteiger partial charge is 0.480 e. The summed E-state index contributed by atoms with van der Waals surface area (Å²) in [6, 6.07) is 12.7. The number of carboxylic acids is 1. The number of carbonyl (C=O) groups is 4. The molecule has 1 N–H and O–H groups in total. The van der Waals surface area contributed by atoms with E-state index < -0.39 is 18.1 Å². The monoisotopic (exact) mass is 433 g/mol. The molecule has 0 unspecified atom stereocenters. The number of rotatable bonds is 3. The summed E-state index contributed by atoms with van der Waals surface area (Å²) in [7, 11) is 0. The third-order valence-corrected chi connectivity index (χ3v) is 6.68. The molecule has 0 bridgehead atoms. The number of fused-ring (bicyclic) bond motifs is 2. The minimum atomic E-state index is -1.01. The Morgan fingerprint density at radius 2 is 1.56 bits per heavy atom. The van der Waals surface area contributed by atoms with Crippen molar-refractivity contribution in [1.82, 2.24) is 14.7 Å². The zero-order chi connectivity index (χ0) is 22.4. The van der Waals surface area contributed by atoms with Crippen LogP contribution >= 0.6 is 0 Å². The van der Waals surface area contributed by atoms with Crippen molar-refractivity contribution in [3.8, 4) is 0 Å². The van der Waals surface area contributed by atoms with Crippen LogP contribution in [0.5, 0.6) is 0 Å². The molecule has 0 radical (unpaired) electrons. The number of likely N-dealkylation sites (tertiary alicyclic amines) is 1. The lowest BCUT2D eigenvalue weighted by Crippen LogP contribution is -2.53. The quantitative estimate of drug-likeness (QED) is 0.751. The van der Waals surface area contributed by atoms with Gasteiger partial charge in [0.1, 0.15) is 6.04 Å². The van der Waals surface area contributed by atoms with Crippen LogP contribution in [0.2, 0.25) is 0 Å². The van der Waals surface area contributed by atoms with Crippen molar-refractivity contribution in [3.05, 3.63) is 70.8 Å². The van der Waals surface area contributed by atoms with Crippen LogP contribution in [0.3, 0.4) is 0 Å². The molecule has 8 nitrogen and oxygen atoms in total. The van der Waals surface area contributed by atoms with Crippen LogP contribution in [0, 0.1) is 0 Å². The van der Waals surface area contributed by atoms with E-state index in [0.29, 0.717) is 43.5 Å². The molecule has 4 amide bonds. The second kappa shape index (κ2) is 7.78. The summed E-state index contributed by atoms with van der Waals surface area (Å²) in [6.07, 6.45) is 1.69. The Morgan fingerprint density at radius 3 is 2.25 bits per heavy atom. The maximum absolute atomic E-state index is 13.5. The molecule has 0 aliphatic carbocycles. The zero-order valence-corrected chi connectivity index (χ0v) is 17.4. The predicted octanol–water partition coefficient (Wildman–Crippen LogP) is 2.55. The molecule has 1 fully saturated rings. The number of imide groups is 1. The molecule has 0 saturated carbocycles. The van der Waals surface area contributed by atoms with Gasteiger partial charge in [0.05, 0.1) is 23.7 Å². The van der Waals surface area contributed by atoms with E-state index >= 15 is 0 Å². The topological polar surface area (TPSA) is 98.2 Å². The van der Waals surface area contributed by atoms with Crippen molar-refractivity contribution in [1.29, 1.82) is 0 Å². The molecule has 2 aromatic carbocycles. The molecule has 8 heteroatoms. The summed E-state index contributed by atoms with van der Waals surface area (Å²) in [5, 5.41) is 9.54. The first-order valence-corrected chi connectivity index (χ1v) is 10.8. The standard InChI is InChI=1S/C24H23N3O5/c28-21-17-8-3-4-9-18(17)22(29)27(21)14-20-16-7-2-1-6-15(16)11-13-26(20)24(32)25-12-5-10-19(25)23(30)31/h1-4,6-9,19-20H,5,10-14H2,(H,30,31)/t19-,20+/m0/s1. The highest BCUT2D eigenvalue weighted by Gasteiger charge is 2.43. The SMILES string of the molecule is O=C(O)[C@@H]1CCCN1C(=O)N1CCc2ccccc2[C@H]1CN1C(=O)c2ccccc2C1=O. The maximum atomic E-state index is 13.5. The van der Waals surface area contributed by atoms with E-state index in [1.807, 2.05) is 24.3 Å². The van der Waals surface area contributed by atoms with Gasteiger partial charge in [0, 0.05) is 13.1 Å². The molecule has 0 aromatic heterocycles. The lowest BCUT2D eigenvalue weighted by Gasteiger charge is -2.41. The van der Waals surface area contributed by atoms with Crippen LogP contribution in [-0.4, -0.2) is 69.3 Å². The van der Waals surface area contributed by atoms with Crippen molar-refractivity contribution in [2.24, 2.45) is 0 Å². The Bertz CT molecular complexity index is 1100. The van der Waals surface area contributed by atoms with Crippen molar-refractivity contribution >= 4 is 23.8 Å². The van der Waals surface area contributed by atoms with Gasteiger partial charge in [-0.25, -0.2) is 9.59 Å². The van der Waals surface area contributed by atoms with Crippen LogP contribution in [0.25, 0.3) is 0 Å². The van der Waals surface area contributed by atoms with Gasteiger partial charge in [0.2, 0.25) is 0 Å². The van der Waals surface area contributed by atoms with Crippen LogP contribution in [0.1, 0.15) is 50.7 Å². The fourth-order valence-corrected chi connectivity index (χ4v) is 5.07. The van der Waals surface area contributed by atoms with E-state index in [2.05, 4.69) is 0 Å². The minimum Gasteiger partial charge on any atom is -0.480 e. The molecular formula is C24H23N3O5. The first-order chi connectivity index (χ1) is 15.5. The number of benzene rings is 2. The van der Waals surface area contributed by atoms with Gasteiger partial charge in [-0.2, -0.15) is 0 Å². The van der Waals surface area contributed by atoms with E-state index in [4.69, 9.17) is 0 Å². The van der Waals surface area contributed by atoms with Crippen LogP contribution < -0.4 is 0 Å². The van der Waals surface area contributed by atoms with Gasteiger partial charge in [-0.05, 0) is 42.5 Å². The molecule has 3 aliphatic rings. The number of nitrogens with zero attached hydrogens (tertiary/aromatic N) is 3. The Hall–Kier alpha value is -3.68. The van der Waals surface area contributed by atoms with Crippen molar-refractivity contribution in [2.75, 3.05) is 19.6 Å². The highest BCUT2D eigenvalue weighted by Crippen LogP contribution is 2.35. The summed E-state index contributed by atoms with van der Waals surface area (Å²) < 4.78 is 0. The predicted molar refractivity (Wildman–Crippen MR) is 114 cm³/mol. The average molecular weight is 433 g/mol. The number of urea groups is 1. The lowest BCUT2D eigenvalue weighted by molar-refractivity contribution is -0.141. The molecule has 2 atom stereocenters. The molecular weight excluding hydrogens is 410 g/mol. The number of carbonyl (C=O) groups excluding carboxylic acids is 3. The van der Waals surface area contributed by atoms with Crippen molar-refractivity contribution < 1.29 is 24.3 Å². The molecule has 3 heterocycles. The van der Waals surface area contributed by atoms with Gasteiger partial charge in [0.25, 0.3) is 11.8 Å². The first-order valence-electron chi connectivity index (χ1n) is 10.8. The van der Waals surface area contributed by atoms with E-state index in [-0.39, 0.29) is 24.4 Å². The van der Waals surface area contributed by atoms with E-state index in [1.165, 1.54) is 9.80 Å². The Balaban J connectivity index is 1.49. The molecule has 3 aliphatic heterocycles. The van der Waals surface area contributed by atoms with E-state index in [0.717, 1.165) is 11.1 Å². The van der Waals surface area contributed by atoms with Crippen LogP contribution in [0.4, 0.5) is 4.79 Å². The highest BCUT2D eigenvalue weighted by molar-refractivity contribution is 6.21.